The Kier molecular flexibility index (Phi) is 5.05. The van der Waals surface area contributed by atoms with Crippen molar-refractivity contribution in [2.75, 3.05) is 19.6 Å². The van der Waals surface area contributed by atoms with Crippen molar-refractivity contribution in [3.8, 4) is 0 Å². The highest BCUT2D eigenvalue weighted by Gasteiger charge is 2.22. The predicted octanol–water partition coefficient (Wildman–Crippen LogP) is 0.910. The molecule has 0 aromatic rings. The molecule has 0 radical (unpaired) electrons. The van der Waals surface area contributed by atoms with Gasteiger partial charge >= 0.3 is 5.97 Å². The van der Waals surface area contributed by atoms with Gasteiger partial charge in [-0.25, -0.2) is 0 Å². The normalized spacial score (nSPS) is 21.5. The van der Waals surface area contributed by atoms with Gasteiger partial charge in [-0.1, -0.05) is 19.8 Å². The van der Waals surface area contributed by atoms with Crippen LogP contribution in [0.2, 0.25) is 0 Å². The van der Waals surface area contributed by atoms with Crippen LogP contribution in [0.25, 0.3) is 0 Å². The van der Waals surface area contributed by atoms with Crippen LogP contribution in [0.1, 0.15) is 32.6 Å². The van der Waals surface area contributed by atoms with E-state index in [1.807, 2.05) is 0 Å². The summed E-state index contributed by atoms with van der Waals surface area (Å²) in [6.07, 6.45) is 4.94. The number of carboxylic acid groups (broad SMARTS) is 1. The summed E-state index contributed by atoms with van der Waals surface area (Å²) in [5.74, 6) is -0.0574. The van der Waals surface area contributed by atoms with Crippen LogP contribution in [0.15, 0.2) is 0 Å². The zero-order valence-electron chi connectivity index (χ0n) is 9.48. The van der Waals surface area contributed by atoms with Crippen molar-refractivity contribution < 1.29 is 9.90 Å². The first-order valence-electron chi connectivity index (χ1n) is 5.84. The van der Waals surface area contributed by atoms with Crippen molar-refractivity contribution in [2.24, 2.45) is 11.7 Å². The average molecular weight is 214 g/mol. The quantitative estimate of drug-likeness (QED) is 0.714. The number of hydrogen-bond acceptors (Lipinski definition) is 3. The molecule has 1 saturated heterocycles. The monoisotopic (exact) mass is 214 g/mol. The molecule has 0 aliphatic carbocycles. The molecule has 1 unspecified atom stereocenters. The van der Waals surface area contributed by atoms with Crippen molar-refractivity contribution in [3.63, 3.8) is 0 Å². The molecular formula is C11H22N2O2. The Morgan fingerprint density at radius 2 is 2.13 bits per heavy atom. The molecule has 1 fully saturated rings. The Labute approximate surface area is 91.4 Å². The van der Waals surface area contributed by atoms with Gasteiger partial charge in [-0.15, -0.1) is 0 Å². The summed E-state index contributed by atoms with van der Waals surface area (Å²) in [6.45, 7) is 4.72. The first-order valence-corrected chi connectivity index (χ1v) is 5.84. The molecule has 0 amide bonds. The molecule has 1 heterocycles. The van der Waals surface area contributed by atoms with Crippen LogP contribution in [-0.4, -0.2) is 41.7 Å². The fourth-order valence-corrected chi connectivity index (χ4v) is 2.22. The van der Waals surface area contributed by atoms with Crippen LogP contribution in [0.3, 0.4) is 0 Å². The maximum absolute atomic E-state index is 10.6. The zero-order valence-corrected chi connectivity index (χ0v) is 9.48. The molecule has 0 aromatic heterocycles. The van der Waals surface area contributed by atoms with Crippen LogP contribution in [-0.2, 0) is 4.79 Å². The first kappa shape index (κ1) is 12.5. The lowest BCUT2D eigenvalue weighted by Gasteiger charge is -2.32. The van der Waals surface area contributed by atoms with Gasteiger partial charge in [0.1, 0.15) is 6.04 Å². The molecule has 88 valence electrons. The Bertz CT molecular complexity index is 201. The van der Waals surface area contributed by atoms with E-state index in [0.29, 0.717) is 6.54 Å². The van der Waals surface area contributed by atoms with E-state index in [2.05, 4.69) is 11.8 Å². The third-order valence-electron chi connectivity index (χ3n) is 3.18. The molecule has 0 spiro atoms. The number of hydrogen-bond donors (Lipinski definition) is 2. The fourth-order valence-electron chi connectivity index (χ4n) is 2.22. The minimum atomic E-state index is -0.898. The minimum absolute atomic E-state index is 0.494. The molecule has 0 saturated carbocycles. The van der Waals surface area contributed by atoms with Crippen molar-refractivity contribution >= 4 is 5.97 Å². The number of carbonyl (C=O) groups is 1. The van der Waals surface area contributed by atoms with Crippen LogP contribution in [0.5, 0.6) is 0 Å². The maximum Gasteiger partial charge on any atom is 0.321 e. The van der Waals surface area contributed by atoms with E-state index in [1.54, 1.807) is 0 Å². The second kappa shape index (κ2) is 6.08. The number of rotatable bonds is 5. The molecule has 1 aliphatic heterocycles. The lowest BCUT2D eigenvalue weighted by atomic mass is 9.92. The number of likely N-dealkylation sites (tertiary alicyclic amines) is 1. The van der Waals surface area contributed by atoms with Gasteiger partial charge < -0.3 is 15.7 Å². The topological polar surface area (TPSA) is 66.6 Å². The average Bonchev–Trinajstić information content (AvgIpc) is 2.21. The summed E-state index contributed by atoms with van der Waals surface area (Å²) >= 11 is 0. The summed E-state index contributed by atoms with van der Waals surface area (Å²) < 4.78 is 0. The van der Waals surface area contributed by atoms with Crippen molar-refractivity contribution in [1.29, 1.82) is 0 Å². The molecule has 3 N–H and O–H groups in total. The van der Waals surface area contributed by atoms with Crippen LogP contribution in [0, 0.1) is 5.92 Å². The number of piperidine rings is 1. The summed E-state index contributed by atoms with van der Waals surface area (Å²) in [7, 11) is 0. The molecule has 15 heavy (non-hydrogen) atoms. The maximum atomic E-state index is 10.6. The van der Waals surface area contributed by atoms with Gasteiger partial charge in [0.15, 0.2) is 0 Å². The summed E-state index contributed by atoms with van der Waals surface area (Å²) in [4.78, 5) is 12.8. The van der Waals surface area contributed by atoms with E-state index in [4.69, 9.17) is 10.8 Å². The second-order valence-corrected chi connectivity index (χ2v) is 4.48. The number of nitrogens with zero attached hydrogens (tertiary/aromatic N) is 1. The SMILES string of the molecule is CCCC1CCN(CC(N)C(=O)O)CC1. The number of aliphatic carboxylic acids is 1. The standard InChI is InChI=1S/C11H22N2O2/c1-2-3-9-4-6-13(7-5-9)8-10(12)11(14)15/h9-10H,2-8,12H2,1H3,(H,14,15). The number of nitrogens with two attached hydrogens (primary N) is 1. The lowest BCUT2D eigenvalue weighted by molar-refractivity contribution is -0.139. The van der Waals surface area contributed by atoms with Crippen LogP contribution >= 0.6 is 0 Å². The van der Waals surface area contributed by atoms with E-state index >= 15 is 0 Å². The Morgan fingerprint density at radius 3 is 2.60 bits per heavy atom. The van der Waals surface area contributed by atoms with E-state index in [-0.39, 0.29) is 0 Å². The van der Waals surface area contributed by atoms with Crippen LogP contribution < -0.4 is 5.73 Å². The first-order chi connectivity index (χ1) is 7.13. The summed E-state index contributed by atoms with van der Waals surface area (Å²) in [5, 5.41) is 8.70. The molecule has 0 bridgehead atoms. The zero-order chi connectivity index (χ0) is 11.3. The molecule has 1 rings (SSSR count). The van der Waals surface area contributed by atoms with Gasteiger partial charge in [-0.3, -0.25) is 4.79 Å². The van der Waals surface area contributed by atoms with Crippen molar-refractivity contribution in [2.45, 2.75) is 38.6 Å². The van der Waals surface area contributed by atoms with Gasteiger partial charge in [0.05, 0.1) is 0 Å². The summed E-state index contributed by atoms with van der Waals surface area (Å²) in [5.41, 5.74) is 5.50. The van der Waals surface area contributed by atoms with Gasteiger partial charge in [0.25, 0.3) is 0 Å². The van der Waals surface area contributed by atoms with Gasteiger partial charge in [0.2, 0.25) is 0 Å². The molecule has 1 aliphatic rings. The van der Waals surface area contributed by atoms with E-state index in [0.717, 1.165) is 19.0 Å². The molecular weight excluding hydrogens is 192 g/mol. The highest BCUT2D eigenvalue weighted by molar-refractivity contribution is 5.73. The van der Waals surface area contributed by atoms with Crippen molar-refractivity contribution in [3.05, 3.63) is 0 Å². The highest BCUT2D eigenvalue weighted by Crippen LogP contribution is 2.21. The van der Waals surface area contributed by atoms with Gasteiger partial charge in [-0.2, -0.15) is 0 Å². The van der Waals surface area contributed by atoms with Crippen LogP contribution in [0.4, 0.5) is 0 Å². The van der Waals surface area contributed by atoms with Gasteiger partial charge in [-0.05, 0) is 31.8 Å². The largest absolute Gasteiger partial charge is 0.480 e. The van der Waals surface area contributed by atoms with Crippen molar-refractivity contribution in [1.82, 2.24) is 4.90 Å². The third-order valence-corrected chi connectivity index (χ3v) is 3.18. The minimum Gasteiger partial charge on any atom is -0.480 e. The van der Waals surface area contributed by atoms with E-state index < -0.39 is 12.0 Å². The molecule has 0 aromatic carbocycles. The van der Waals surface area contributed by atoms with E-state index in [1.165, 1.54) is 25.7 Å². The smallest absolute Gasteiger partial charge is 0.321 e. The fraction of sp³-hybridized carbons (Fsp3) is 0.909. The lowest BCUT2D eigenvalue weighted by Crippen LogP contribution is -2.45. The third kappa shape index (κ3) is 4.18. The second-order valence-electron chi connectivity index (χ2n) is 4.48. The molecule has 4 heteroatoms. The summed E-state index contributed by atoms with van der Waals surface area (Å²) in [6, 6.07) is -0.729. The van der Waals surface area contributed by atoms with E-state index in [9.17, 15) is 4.79 Å². The number of carboxylic acids is 1. The van der Waals surface area contributed by atoms with Gasteiger partial charge in [0, 0.05) is 6.54 Å². The predicted molar refractivity (Wildman–Crippen MR) is 59.7 cm³/mol. The Morgan fingerprint density at radius 1 is 1.53 bits per heavy atom. The molecule has 1 atom stereocenters. The molecule has 4 nitrogen and oxygen atoms in total. The Hall–Kier alpha value is -0.610. The highest BCUT2D eigenvalue weighted by atomic mass is 16.4. The Balaban J connectivity index is 2.22.